The highest BCUT2D eigenvalue weighted by molar-refractivity contribution is 5.92. The summed E-state index contributed by atoms with van der Waals surface area (Å²) in [5, 5.41) is 0. The van der Waals surface area contributed by atoms with E-state index in [0.29, 0.717) is 25.6 Å². The fourth-order valence-electron chi connectivity index (χ4n) is 2.45. The average molecular weight is 255 g/mol. The summed E-state index contributed by atoms with van der Waals surface area (Å²) >= 11 is 0. The number of hydrogen-bond acceptors (Lipinski definition) is 4. The predicted octanol–water partition coefficient (Wildman–Crippen LogP) is -0.959. The molecule has 2 atom stereocenters. The number of nitrogens with zero attached hydrogens (tertiary/aromatic N) is 2. The first-order chi connectivity index (χ1) is 8.61. The molecule has 2 heterocycles. The van der Waals surface area contributed by atoms with Gasteiger partial charge in [-0.2, -0.15) is 0 Å². The Morgan fingerprint density at radius 1 is 1.33 bits per heavy atom. The first-order valence-corrected chi connectivity index (χ1v) is 6.50. The maximum absolute atomic E-state index is 11.9. The number of ether oxygens (including phenoxy) is 1. The zero-order chi connectivity index (χ0) is 13.1. The molecule has 2 aliphatic rings. The number of carbonyl (C=O) groups is 2. The van der Waals surface area contributed by atoms with Gasteiger partial charge >= 0.3 is 0 Å². The van der Waals surface area contributed by atoms with Gasteiger partial charge < -0.3 is 20.3 Å². The first kappa shape index (κ1) is 13.3. The summed E-state index contributed by atoms with van der Waals surface area (Å²) in [4.78, 5) is 26.8. The number of amides is 2. The number of piperazine rings is 1. The number of rotatable bonds is 4. The van der Waals surface area contributed by atoms with Crippen molar-refractivity contribution >= 4 is 11.8 Å². The van der Waals surface area contributed by atoms with Crippen LogP contribution < -0.4 is 5.73 Å². The Morgan fingerprint density at radius 2 is 2.00 bits per heavy atom. The lowest BCUT2D eigenvalue weighted by Gasteiger charge is -2.35. The molecule has 0 aromatic heterocycles. The molecule has 2 aliphatic heterocycles. The molecule has 2 saturated heterocycles. The lowest BCUT2D eigenvalue weighted by molar-refractivity contribution is -0.150. The highest BCUT2D eigenvalue weighted by atomic mass is 16.5. The van der Waals surface area contributed by atoms with E-state index in [1.165, 1.54) is 0 Å². The molecule has 0 bridgehead atoms. The quantitative estimate of drug-likeness (QED) is 0.702. The molecule has 0 aromatic rings. The zero-order valence-corrected chi connectivity index (χ0v) is 10.8. The Bertz CT molecular complexity index is 329. The van der Waals surface area contributed by atoms with E-state index in [4.69, 9.17) is 10.5 Å². The van der Waals surface area contributed by atoms with Gasteiger partial charge in [-0.05, 0) is 13.3 Å². The second-order valence-electron chi connectivity index (χ2n) is 4.97. The van der Waals surface area contributed by atoms with Gasteiger partial charge in [0.25, 0.3) is 0 Å². The van der Waals surface area contributed by atoms with Crippen LogP contribution in [0.25, 0.3) is 0 Å². The van der Waals surface area contributed by atoms with Gasteiger partial charge in [0.1, 0.15) is 0 Å². The maximum Gasteiger partial charge on any atom is 0.242 e. The second-order valence-corrected chi connectivity index (χ2v) is 4.97. The van der Waals surface area contributed by atoms with Crippen LogP contribution >= 0.6 is 0 Å². The summed E-state index contributed by atoms with van der Waals surface area (Å²) < 4.78 is 5.29. The van der Waals surface area contributed by atoms with Gasteiger partial charge in [0.05, 0.1) is 19.7 Å². The summed E-state index contributed by atoms with van der Waals surface area (Å²) in [6, 6.07) is -0.0996. The van der Waals surface area contributed by atoms with Crippen LogP contribution in [0.3, 0.4) is 0 Å². The van der Waals surface area contributed by atoms with Gasteiger partial charge in [-0.1, -0.05) is 0 Å². The highest BCUT2D eigenvalue weighted by Gasteiger charge is 2.32. The van der Waals surface area contributed by atoms with E-state index in [0.717, 1.165) is 13.0 Å². The van der Waals surface area contributed by atoms with E-state index in [-0.39, 0.29) is 30.9 Å². The third-order valence-corrected chi connectivity index (χ3v) is 3.74. The molecule has 0 saturated carbocycles. The van der Waals surface area contributed by atoms with Gasteiger partial charge in [-0.3, -0.25) is 9.59 Å². The lowest BCUT2D eigenvalue weighted by Crippen LogP contribution is -2.56. The van der Waals surface area contributed by atoms with Crippen molar-refractivity contribution in [2.24, 2.45) is 11.7 Å². The normalized spacial score (nSPS) is 26.9. The number of nitrogens with two attached hydrogens (primary N) is 1. The second kappa shape index (κ2) is 5.67. The van der Waals surface area contributed by atoms with Crippen molar-refractivity contribution in [2.75, 3.05) is 39.4 Å². The molecule has 0 aromatic carbocycles. The standard InChI is InChI=1S/C12H21N3O3/c1-2-14-6-12(17)15(7-11(14)16)5-10(13)9-3-4-18-8-9/h9-10H,2-8,13H2,1H3. The van der Waals surface area contributed by atoms with Crippen molar-refractivity contribution in [3.63, 3.8) is 0 Å². The van der Waals surface area contributed by atoms with E-state index >= 15 is 0 Å². The average Bonchev–Trinajstić information content (AvgIpc) is 2.87. The van der Waals surface area contributed by atoms with Crippen LogP contribution in [0, 0.1) is 5.92 Å². The minimum atomic E-state index is -0.0996. The molecule has 102 valence electrons. The molecule has 6 heteroatoms. The van der Waals surface area contributed by atoms with E-state index in [1.807, 2.05) is 6.92 Å². The molecule has 18 heavy (non-hydrogen) atoms. The fourth-order valence-corrected chi connectivity index (χ4v) is 2.45. The summed E-state index contributed by atoms with van der Waals surface area (Å²) in [5.41, 5.74) is 6.09. The van der Waals surface area contributed by atoms with Crippen LogP contribution in [0.4, 0.5) is 0 Å². The van der Waals surface area contributed by atoms with Gasteiger partial charge in [-0.25, -0.2) is 0 Å². The molecule has 2 unspecified atom stereocenters. The Morgan fingerprint density at radius 3 is 2.61 bits per heavy atom. The van der Waals surface area contributed by atoms with Crippen LogP contribution in [0.2, 0.25) is 0 Å². The topological polar surface area (TPSA) is 75.9 Å². The van der Waals surface area contributed by atoms with Crippen LogP contribution in [-0.4, -0.2) is 67.0 Å². The third kappa shape index (κ3) is 2.81. The van der Waals surface area contributed by atoms with Gasteiger partial charge in [-0.15, -0.1) is 0 Å². The fraction of sp³-hybridized carbons (Fsp3) is 0.833. The Hall–Kier alpha value is -1.14. The SMILES string of the molecule is CCN1CC(=O)N(CC(N)C2CCOC2)CC1=O. The van der Waals surface area contributed by atoms with Gasteiger partial charge in [0.15, 0.2) is 0 Å². The van der Waals surface area contributed by atoms with Crippen LogP contribution in [0.15, 0.2) is 0 Å². The molecule has 0 aliphatic carbocycles. The molecule has 2 fully saturated rings. The molecule has 2 N–H and O–H groups in total. The number of likely N-dealkylation sites (N-methyl/N-ethyl adjacent to an activating group) is 1. The van der Waals surface area contributed by atoms with Crippen molar-refractivity contribution in [1.29, 1.82) is 0 Å². The van der Waals surface area contributed by atoms with Gasteiger partial charge in [0, 0.05) is 31.7 Å². The largest absolute Gasteiger partial charge is 0.381 e. The maximum atomic E-state index is 11.9. The Kier molecular flexibility index (Phi) is 4.19. The molecule has 2 amide bonds. The predicted molar refractivity (Wildman–Crippen MR) is 65.7 cm³/mol. The molecule has 0 spiro atoms. The monoisotopic (exact) mass is 255 g/mol. The van der Waals surface area contributed by atoms with Crippen molar-refractivity contribution in [1.82, 2.24) is 9.80 Å². The van der Waals surface area contributed by atoms with Crippen LogP contribution in [0.5, 0.6) is 0 Å². The Labute approximate surface area is 107 Å². The molecule has 6 nitrogen and oxygen atoms in total. The lowest BCUT2D eigenvalue weighted by atomic mass is 9.99. The van der Waals surface area contributed by atoms with Crippen molar-refractivity contribution in [3.05, 3.63) is 0 Å². The summed E-state index contributed by atoms with van der Waals surface area (Å²) in [6.45, 7) is 4.67. The molecule has 2 rings (SSSR count). The zero-order valence-electron chi connectivity index (χ0n) is 10.8. The molecular weight excluding hydrogens is 234 g/mol. The molecular formula is C12H21N3O3. The highest BCUT2D eigenvalue weighted by Crippen LogP contribution is 2.17. The summed E-state index contributed by atoms with van der Waals surface area (Å²) in [7, 11) is 0. The summed E-state index contributed by atoms with van der Waals surface area (Å²) in [6.07, 6.45) is 0.943. The first-order valence-electron chi connectivity index (χ1n) is 6.50. The van der Waals surface area contributed by atoms with Crippen molar-refractivity contribution in [3.8, 4) is 0 Å². The van der Waals surface area contributed by atoms with Crippen LogP contribution in [-0.2, 0) is 14.3 Å². The number of carbonyl (C=O) groups excluding carboxylic acids is 2. The smallest absolute Gasteiger partial charge is 0.242 e. The van der Waals surface area contributed by atoms with Crippen molar-refractivity contribution < 1.29 is 14.3 Å². The Balaban J connectivity index is 1.89. The van der Waals surface area contributed by atoms with E-state index < -0.39 is 0 Å². The van der Waals surface area contributed by atoms with Gasteiger partial charge in [0.2, 0.25) is 11.8 Å². The molecule has 0 radical (unpaired) electrons. The van der Waals surface area contributed by atoms with Crippen molar-refractivity contribution in [2.45, 2.75) is 19.4 Å². The van der Waals surface area contributed by atoms with Crippen LogP contribution in [0.1, 0.15) is 13.3 Å². The minimum absolute atomic E-state index is 0.00646. The third-order valence-electron chi connectivity index (χ3n) is 3.74. The summed E-state index contributed by atoms with van der Waals surface area (Å²) in [5.74, 6) is 0.301. The minimum Gasteiger partial charge on any atom is -0.381 e. The number of hydrogen-bond donors (Lipinski definition) is 1. The van der Waals surface area contributed by atoms with E-state index in [2.05, 4.69) is 0 Å². The van der Waals surface area contributed by atoms with E-state index in [9.17, 15) is 9.59 Å². The van der Waals surface area contributed by atoms with E-state index in [1.54, 1.807) is 9.80 Å².